The van der Waals surface area contributed by atoms with Crippen LogP contribution < -0.4 is 10.2 Å². The van der Waals surface area contributed by atoms with Crippen LogP contribution in [0.5, 0.6) is 0 Å². The van der Waals surface area contributed by atoms with Gasteiger partial charge in [0.2, 0.25) is 11.8 Å². The molecule has 2 amide bonds. The number of benzene rings is 1. The van der Waals surface area contributed by atoms with Crippen LogP contribution in [-0.4, -0.2) is 48.7 Å². The summed E-state index contributed by atoms with van der Waals surface area (Å²) in [6.45, 7) is 1.22. The average molecular weight is 360 g/mol. The molecule has 26 heavy (non-hydrogen) atoms. The van der Waals surface area contributed by atoms with E-state index < -0.39 is 12.0 Å². The van der Waals surface area contributed by atoms with Gasteiger partial charge in [-0.25, -0.2) is 4.79 Å². The standard InChI is InChI=1S/C19H24N2O5/c22-16(20-18(19(24)25)14-5-3-11-26-12-14)9-10-21-15-6-2-1-4-13(15)7-8-17(21)23/h1-2,4,6,14,18H,3,5,7-12H2,(H,20,22)(H,24,25). The molecule has 7 nitrogen and oxygen atoms in total. The van der Waals surface area contributed by atoms with E-state index in [1.807, 2.05) is 24.3 Å². The van der Waals surface area contributed by atoms with Crippen LogP contribution in [0.15, 0.2) is 24.3 Å². The number of amides is 2. The Morgan fingerprint density at radius 3 is 2.85 bits per heavy atom. The van der Waals surface area contributed by atoms with Crippen molar-refractivity contribution < 1.29 is 24.2 Å². The van der Waals surface area contributed by atoms with Crippen molar-refractivity contribution in [3.63, 3.8) is 0 Å². The van der Waals surface area contributed by atoms with E-state index >= 15 is 0 Å². The maximum Gasteiger partial charge on any atom is 0.326 e. The molecule has 1 aromatic rings. The Morgan fingerprint density at radius 1 is 1.31 bits per heavy atom. The van der Waals surface area contributed by atoms with E-state index in [0.717, 1.165) is 24.1 Å². The topological polar surface area (TPSA) is 95.9 Å². The van der Waals surface area contributed by atoms with Crippen molar-refractivity contribution in [3.05, 3.63) is 29.8 Å². The van der Waals surface area contributed by atoms with Gasteiger partial charge >= 0.3 is 5.97 Å². The summed E-state index contributed by atoms with van der Waals surface area (Å²) >= 11 is 0. The minimum atomic E-state index is -1.05. The number of nitrogens with one attached hydrogen (secondary N) is 1. The number of aliphatic carboxylic acids is 1. The smallest absolute Gasteiger partial charge is 0.326 e. The number of carboxylic acids is 1. The van der Waals surface area contributed by atoms with Crippen LogP contribution in [0.2, 0.25) is 0 Å². The normalized spacial score (nSPS) is 21.0. The molecule has 0 aliphatic carbocycles. The summed E-state index contributed by atoms with van der Waals surface area (Å²) in [6, 6.07) is 6.71. The predicted octanol–water partition coefficient (Wildman–Crippen LogP) is 1.35. The Hall–Kier alpha value is -2.41. The summed E-state index contributed by atoms with van der Waals surface area (Å²) in [5.74, 6) is -1.64. The molecule has 2 aliphatic heterocycles. The zero-order chi connectivity index (χ0) is 18.5. The lowest BCUT2D eigenvalue weighted by atomic mass is 9.93. The van der Waals surface area contributed by atoms with Crippen molar-refractivity contribution in [2.24, 2.45) is 5.92 Å². The fourth-order valence-electron chi connectivity index (χ4n) is 3.61. The lowest BCUT2D eigenvalue weighted by Gasteiger charge is -2.30. The number of carbonyl (C=O) groups excluding carboxylic acids is 2. The number of carbonyl (C=O) groups is 3. The highest BCUT2D eigenvalue weighted by molar-refractivity contribution is 5.97. The van der Waals surface area contributed by atoms with Crippen LogP contribution in [0, 0.1) is 5.92 Å². The van der Waals surface area contributed by atoms with Gasteiger partial charge in [0.1, 0.15) is 6.04 Å². The third-order valence-corrected chi connectivity index (χ3v) is 5.00. The second-order valence-corrected chi connectivity index (χ2v) is 6.78. The van der Waals surface area contributed by atoms with Crippen molar-refractivity contribution in [2.45, 2.75) is 38.1 Å². The third-order valence-electron chi connectivity index (χ3n) is 5.00. The summed E-state index contributed by atoms with van der Waals surface area (Å²) in [5.41, 5.74) is 1.93. The number of fused-ring (bicyclic) bond motifs is 1. The second-order valence-electron chi connectivity index (χ2n) is 6.78. The first-order valence-corrected chi connectivity index (χ1v) is 9.04. The molecule has 0 aromatic heterocycles. The van der Waals surface area contributed by atoms with E-state index in [1.165, 1.54) is 0 Å². The Balaban J connectivity index is 1.59. The Bertz CT molecular complexity index is 684. The third kappa shape index (κ3) is 4.22. The van der Waals surface area contributed by atoms with Gasteiger partial charge in [0.25, 0.3) is 0 Å². The van der Waals surface area contributed by atoms with Crippen LogP contribution in [0.25, 0.3) is 0 Å². The van der Waals surface area contributed by atoms with Gasteiger partial charge in [-0.1, -0.05) is 18.2 Å². The Labute approximate surface area is 152 Å². The molecule has 2 unspecified atom stereocenters. The first-order valence-electron chi connectivity index (χ1n) is 9.04. The van der Waals surface area contributed by atoms with Crippen LogP contribution in [0.3, 0.4) is 0 Å². The molecule has 140 valence electrons. The predicted molar refractivity (Wildman–Crippen MR) is 94.8 cm³/mol. The number of aryl methyl sites for hydroxylation is 1. The number of hydrogen-bond donors (Lipinski definition) is 2. The van der Waals surface area contributed by atoms with E-state index in [1.54, 1.807) is 4.90 Å². The van der Waals surface area contributed by atoms with E-state index in [-0.39, 0.29) is 30.7 Å². The molecule has 0 radical (unpaired) electrons. The second kappa shape index (κ2) is 8.31. The zero-order valence-corrected chi connectivity index (χ0v) is 14.6. The summed E-state index contributed by atoms with van der Waals surface area (Å²) in [7, 11) is 0. The number of ether oxygens (including phenoxy) is 1. The van der Waals surface area contributed by atoms with Gasteiger partial charge in [0, 0.05) is 37.6 Å². The molecule has 0 spiro atoms. The fraction of sp³-hybridized carbons (Fsp3) is 0.526. The molecule has 7 heteroatoms. The number of nitrogens with zero attached hydrogens (tertiary/aromatic N) is 1. The minimum Gasteiger partial charge on any atom is -0.480 e. The van der Waals surface area contributed by atoms with Crippen LogP contribution >= 0.6 is 0 Å². The van der Waals surface area contributed by atoms with Crippen LogP contribution in [0.1, 0.15) is 31.2 Å². The summed E-state index contributed by atoms with van der Waals surface area (Å²) in [4.78, 5) is 37.7. The van der Waals surface area contributed by atoms with Crippen molar-refractivity contribution >= 4 is 23.5 Å². The number of hydrogen-bond acceptors (Lipinski definition) is 4. The molecular weight excluding hydrogens is 336 g/mol. The number of rotatable bonds is 6. The average Bonchev–Trinajstić information content (AvgIpc) is 2.65. The van der Waals surface area contributed by atoms with E-state index in [9.17, 15) is 19.5 Å². The highest BCUT2D eigenvalue weighted by atomic mass is 16.5. The van der Waals surface area contributed by atoms with Gasteiger partial charge in [0.15, 0.2) is 0 Å². The monoisotopic (exact) mass is 360 g/mol. The first-order chi connectivity index (χ1) is 12.6. The van der Waals surface area contributed by atoms with Gasteiger partial charge in [-0.2, -0.15) is 0 Å². The minimum absolute atomic E-state index is 0.00744. The SMILES string of the molecule is O=C(CCN1C(=O)CCc2ccccc21)NC(C(=O)O)C1CCCOC1. The molecular formula is C19H24N2O5. The summed E-state index contributed by atoms with van der Waals surface area (Å²) in [6.07, 6.45) is 2.71. The Kier molecular flexibility index (Phi) is 5.88. The van der Waals surface area contributed by atoms with Crippen molar-refractivity contribution in [3.8, 4) is 0 Å². The van der Waals surface area contributed by atoms with Crippen molar-refractivity contribution in [1.29, 1.82) is 0 Å². The van der Waals surface area contributed by atoms with Crippen LogP contribution in [0.4, 0.5) is 5.69 Å². The van der Waals surface area contributed by atoms with Gasteiger partial charge in [-0.05, 0) is 30.9 Å². The molecule has 0 bridgehead atoms. The van der Waals surface area contributed by atoms with Gasteiger partial charge in [-0.3, -0.25) is 9.59 Å². The Morgan fingerprint density at radius 2 is 2.12 bits per heavy atom. The zero-order valence-electron chi connectivity index (χ0n) is 14.6. The number of anilines is 1. The fourth-order valence-corrected chi connectivity index (χ4v) is 3.61. The maximum atomic E-state index is 12.3. The lowest BCUT2D eigenvalue weighted by Crippen LogP contribution is -2.49. The largest absolute Gasteiger partial charge is 0.480 e. The molecule has 1 aromatic carbocycles. The van der Waals surface area contributed by atoms with Gasteiger partial charge in [-0.15, -0.1) is 0 Å². The van der Waals surface area contributed by atoms with Crippen molar-refractivity contribution in [2.75, 3.05) is 24.7 Å². The molecule has 1 fully saturated rings. The van der Waals surface area contributed by atoms with Crippen LogP contribution in [-0.2, 0) is 25.5 Å². The molecule has 2 N–H and O–H groups in total. The summed E-state index contributed by atoms with van der Waals surface area (Å²) < 4.78 is 5.34. The quantitative estimate of drug-likeness (QED) is 0.798. The molecule has 2 atom stereocenters. The highest BCUT2D eigenvalue weighted by Crippen LogP contribution is 2.27. The molecule has 0 saturated carbocycles. The number of carboxylic acid groups (broad SMARTS) is 1. The van der Waals surface area contributed by atoms with E-state index in [4.69, 9.17) is 4.74 Å². The van der Waals surface area contributed by atoms with Gasteiger partial charge < -0.3 is 20.1 Å². The molecule has 1 saturated heterocycles. The molecule has 2 heterocycles. The lowest BCUT2D eigenvalue weighted by molar-refractivity contribution is -0.145. The first kappa shape index (κ1) is 18.4. The van der Waals surface area contributed by atoms with E-state index in [2.05, 4.69) is 5.32 Å². The molecule has 3 rings (SSSR count). The van der Waals surface area contributed by atoms with E-state index in [0.29, 0.717) is 26.1 Å². The highest BCUT2D eigenvalue weighted by Gasteiger charge is 2.31. The van der Waals surface area contributed by atoms with Crippen molar-refractivity contribution in [1.82, 2.24) is 5.32 Å². The van der Waals surface area contributed by atoms with Gasteiger partial charge in [0.05, 0.1) is 6.61 Å². The summed E-state index contributed by atoms with van der Waals surface area (Å²) in [5, 5.41) is 12.0. The molecule has 2 aliphatic rings. The number of para-hydroxylation sites is 1. The maximum absolute atomic E-state index is 12.3.